The van der Waals surface area contributed by atoms with E-state index >= 15 is 0 Å². The van der Waals surface area contributed by atoms with Gasteiger partial charge in [0.25, 0.3) is 11.8 Å². The molecule has 4 aromatic rings. The van der Waals surface area contributed by atoms with Gasteiger partial charge in [-0.2, -0.15) is 33.5 Å². The Balaban J connectivity index is 1.68. The number of rotatable bonds is 5. The molecule has 3 N–H and O–H groups in total. The van der Waals surface area contributed by atoms with E-state index in [0.29, 0.717) is 12.3 Å². The number of nitrogens with one attached hydrogen (secondary N) is 1. The summed E-state index contributed by atoms with van der Waals surface area (Å²) in [6.07, 6.45) is -2.02. The quantitative estimate of drug-likeness (QED) is 0.387. The first-order valence-corrected chi connectivity index (χ1v) is 9.55. The largest absolute Gasteiger partial charge is 0.434 e. The summed E-state index contributed by atoms with van der Waals surface area (Å²) in [5, 5.41) is 13.5. The number of amides is 2. The van der Waals surface area contributed by atoms with E-state index < -0.39 is 46.9 Å². The molecule has 17 heteroatoms. The van der Waals surface area contributed by atoms with Crippen LogP contribution in [0.2, 0.25) is 5.02 Å². The number of primary amides is 1. The summed E-state index contributed by atoms with van der Waals surface area (Å²) < 4.78 is 60.0. The van der Waals surface area contributed by atoms with E-state index in [2.05, 4.69) is 35.3 Å². The lowest BCUT2D eigenvalue weighted by Gasteiger charge is -2.13. The number of pyridine rings is 2. The van der Waals surface area contributed by atoms with Gasteiger partial charge in [-0.05, 0) is 18.2 Å². The number of halogens is 5. The predicted molar refractivity (Wildman–Crippen MR) is 109 cm³/mol. The van der Waals surface area contributed by atoms with E-state index in [1.807, 2.05) is 0 Å². The summed E-state index contributed by atoms with van der Waals surface area (Å²) in [6, 6.07) is 2.75. The van der Waals surface area contributed by atoms with E-state index in [1.165, 1.54) is 18.5 Å². The molecule has 0 radical (unpaired) electrons. The van der Waals surface area contributed by atoms with Crippen molar-refractivity contribution in [2.24, 2.45) is 5.73 Å². The first-order valence-electron chi connectivity index (χ1n) is 9.17. The van der Waals surface area contributed by atoms with Crippen molar-refractivity contribution in [3.63, 3.8) is 0 Å². The van der Waals surface area contributed by atoms with Crippen LogP contribution in [0.4, 0.5) is 28.0 Å². The van der Waals surface area contributed by atoms with Crippen LogP contribution in [-0.2, 0) is 6.18 Å². The van der Waals surface area contributed by atoms with Crippen molar-refractivity contribution in [1.82, 2.24) is 34.7 Å². The fraction of sp³-hybridized carbons (Fsp3) is 0.0556. The molecule has 0 fully saturated rings. The van der Waals surface area contributed by atoms with Gasteiger partial charge in [0.05, 0.1) is 41.1 Å². The third-order valence-corrected chi connectivity index (χ3v) is 4.46. The highest BCUT2D eigenvalue weighted by molar-refractivity contribution is 6.32. The lowest BCUT2D eigenvalue weighted by Crippen LogP contribution is -2.22. The number of hydrogen-bond acceptors (Lipinski definition) is 8. The highest BCUT2D eigenvalue weighted by atomic mass is 35.5. The van der Waals surface area contributed by atoms with Crippen LogP contribution in [-0.4, -0.2) is 46.7 Å². The number of hydrogen-bond donors (Lipinski definition) is 2. The maximum absolute atomic E-state index is 13.9. The zero-order chi connectivity index (χ0) is 25.3. The monoisotopic (exact) mass is 511 g/mol. The van der Waals surface area contributed by atoms with Crippen molar-refractivity contribution in [2.45, 2.75) is 6.18 Å². The van der Waals surface area contributed by atoms with Gasteiger partial charge in [-0.3, -0.25) is 4.79 Å². The molecule has 4 rings (SSSR count). The molecule has 0 unspecified atom stereocenters. The Kier molecular flexibility index (Phi) is 6.04. The van der Waals surface area contributed by atoms with Crippen molar-refractivity contribution in [3.05, 3.63) is 65.1 Å². The SMILES string of the molecule is NC(=O)Oc1nc(-n2ncc(C(=O)Nc3cnc(-n4nccn4)c(Cl)c3)c2C(F)(F)F)ccc1F. The Morgan fingerprint density at radius 1 is 1.11 bits per heavy atom. The van der Waals surface area contributed by atoms with E-state index in [4.69, 9.17) is 17.3 Å². The number of nitrogens with zero attached hydrogens (tertiary/aromatic N) is 7. The number of nitrogens with two attached hydrogens (primary N) is 1. The summed E-state index contributed by atoms with van der Waals surface area (Å²) in [7, 11) is 0. The first-order chi connectivity index (χ1) is 16.5. The van der Waals surface area contributed by atoms with Crippen LogP contribution in [0.3, 0.4) is 0 Å². The first kappa shape index (κ1) is 23.6. The topological polar surface area (TPSA) is 156 Å². The van der Waals surface area contributed by atoms with E-state index in [9.17, 15) is 27.2 Å². The van der Waals surface area contributed by atoms with Gasteiger partial charge in [-0.25, -0.2) is 18.9 Å². The van der Waals surface area contributed by atoms with Crippen LogP contribution in [0, 0.1) is 5.82 Å². The molecule has 0 atom stereocenters. The van der Waals surface area contributed by atoms with Gasteiger partial charge in [0.1, 0.15) is 0 Å². The van der Waals surface area contributed by atoms with Crippen molar-refractivity contribution < 1.29 is 31.9 Å². The molecule has 180 valence electrons. The van der Waals surface area contributed by atoms with Crippen molar-refractivity contribution in [2.75, 3.05) is 5.32 Å². The molecule has 35 heavy (non-hydrogen) atoms. The second-order valence-corrected chi connectivity index (χ2v) is 6.90. The Hall–Kier alpha value is -4.60. The molecule has 4 heterocycles. The van der Waals surface area contributed by atoms with Gasteiger partial charge in [0.2, 0.25) is 0 Å². The van der Waals surface area contributed by atoms with Gasteiger partial charge in [-0.1, -0.05) is 11.6 Å². The summed E-state index contributed by atoms with van der Waals surface area (Å²) in [5.74, 6) is -3.83. The highest BCUT2D eigenvalue weighted by Crippen LogP contribution is 2.34. The molecule has 0 aliphatic heterocycles. The van der Waals surface area contributed by atoms with Crippen molar-refractivity contribution in [3.8, 4) is 17.5 Å². The predicted octanol–water partition coefficient (Wildman–Crippen LogP) is 2.76. The molecule has 12 nitrogen and oxygen atoms in total. The minimum Gasteiger partial charge on any atom is -0.388 e. The average Bonchev–Trinajstić information content (AvgIpc) is 3.45. The van der Waals surface area contributed by atoms with Crippen LogP contribution < -0.4 is 15.8 Å². The van der Waals surface area contributed by atoms with Crippen molar-refractivity contribution >= 4 is 29.3 Å². The number of ether oxygens (including phenoxy) is 1. The van der Waals surface area contributed by atoms with Crippen LogP contribution >= 0.6 is 11.6 Å². The Morgan fingerprint density at radius 2 is 1.83 bits per heavy atom. The second kappa shape index (κ2) is 8.98. The summed E-state index contributed by atoms with van der Waals surface area (Å²) in [5.41, 5.74) is 2.34. The lowest BCUT2D eigenvalue weighted by atomic mass is 10.2. The lowest BCUT2D eigenvalue weighted by molar-refractivity contribution is -0.143. The van der Waals surface area contributed by atoms with Crippen LogP contribution in [0.25, 0.3) is 11.6 Å². The zero-order valence-electron chi connectivity index (χ0n) is 16.9. The molecule has 0 bridgehead atoms. The highest BCUT2D eigenvalue weighted by Gasteiger charge is 2.41. The molecule has 2 amide bonds. The Morgan fingerprint density at radius 3 is 2.46 bits per heavy atom. The minimum atomic E-state index is -5.10. The smallest absolute Gasteiger partial charge is 0.388 e. The van der Waals surface area contributed by atoms with Crippen LogP contribution in [0.15, 0.2) is 43.0 Å². The number of carbonyl (C=O) groups excluding carboxylic acids is 2. The molecular formula is C18H10ClF4N9O3. The molecule has 0 aliphatic carbocycles. The molecule has 0 spiro atoms. The number of aromatic nitrogens is 7. The van der Waals surface area contributed by atoms with E-state index in [-0.39, 0.29) is 21.2 Å². The third kappa shape index (κ3) is 4.86. The minimum absolute atomic E-state index is 0.00299. The summed E-state index contributed by atoms with van der Waals surface area (Å²) in [6.45, 7) is 0. The average molecular weight is 512 g/mol. The van der Waals surface area contributed by atoms with E-state index in [0.717, 1.165) is 17.1 Å². The van der Waals surface area contributed by atoms with Gasteiger partial charge in [0, 0.05) is 0 Å². The molecule has 0 aromatic carbocycles. The van der Waals surface area contributed by atoms with Gasteiger partial charge >= 0.3 is 12.3 Å². The second-order valence-electron chi connectivity index (χ2n) is 6.50. The zero-order valence-corrected chi connectivity index (χ0v) is 17.6. The fourth-order valence-corrected chi connectivity index (χ4v) is 3.07. The van der Waals surface area contributed by atoms with Gasteiger partial charge < -0.3 is 15.8 Å². The van der Waals surface area contributed by atoms with Crippen LogP contribution in [0.5, 0.6) is 5.88 Å². The Labute approximate surface area is 196 Å². The normalized spacial score (nSPS) is 11.3. The van der Waals surface area contributed by atoms with Crippen molar-refractivity contribution in [1.29, 1.82) is 0 Å². The number of carbonyl (C=O) groups is 2. The number of alkyl halides is 3. The molecule has 0 saturated heterocycles. The molecule has 4 aromatic heterocycles. The van der Waals surface area contributed by atoms with Crippen LogP contribution in [0.1, 0.15) is 16.1 Å². The number of anilines is 1. The third-order valence-electron chi connectivity index (χ3n) is 4.18. The maximum Gasteiger partial charge on any atom is 0.434 e. The molecule has 0 saturated carbocycles. The van der Waals surface area contributed by atoms with Gasteiger partial charge in [0.15, 0.2) is 23.1 Å². The van der Waals surface area contributed by atoms with Gasteiger partial charge in [-0.15, -0.1) is 4.80 Å². The standard InChI is InChI=1S/C18H10ClF4N9O3/c19-10-5-8(6-25-14(10)32-26-3-4-27-32)29-15(33)9-7-28-31(13(9)18(21,22)23)12-2-1-11(20)16(30-12)35-17(24)34/h1-7H,(H2,24,34)(H,29,33). The van der Waals surface area contributed by atoms with E-state index in [1.54, 1.807) is 0 Å². The maximum atomic E-state index is 13.9. The Bertz CT molecular complexity index is 1420. The summed E-state index contributed by atoms with van der Waals surface area (Å²) in [4.78, 5) is 32.2. The fourth-order valence-electron chi connectivity index (χ4n) is 2.83. The molecule has 0 aliphatic rings. The summed E-state index contributed by atoms with van der Waals surface area (Å²) >= 11 is 6.11. The molecular weight excluding hydrogens is 502 g/mol.